The molecule has 0 saturated carbocycles. The van der Waals surface area contributed by atoms with Crippen molar-refractivity contribution in [3.05, 3.63) is 39.5 Å². The Hall–Kier alpha value is 0.494. The van der Waals surface area contributed by atoms with E-state index in [-0.39, 0.29) is 0 Å². The molecule has 118 valence electrons. The van der Waals surface area contributed by atoms with Crippen molar-refractivity contribution < 1.29 is 23.2 Å². The van der Waals surface area contributed by atoms with Crippen molar-refractivity contribution in [1.29, 1.82) is 0 Å². The maximum absolute atomic E-state index is 2.68. The summed E-state index contributed by atoms with van der Waals surface area (Å²) in [5.74, 6) is 0. The Labute approximate surface area is 151 Å². The van der Waals surface area contributed by atoms with Crippen molar-refractivity contribution in [2.75, 3.05) is 0 Å². The van der Waals surface area contributed by atoms with Gasteiger partial charge in [-0.05, 0) is 0 Å². The summed E-state index contributed by atoms with van der Waals surface area (Å²) in [7, 11) is -3.86. The van der Waals surface area contributed by atoms with Crippen LogP contribution in [0, 0.1) is 0 Å². The fourth-order valence-electron chi connectivity index (χ4n) is 4.47. The van der Waals surface area contributed by atoms with Crippen molar-refractivity contribution in [2.24, 2.45) is 0 Å². The van der Waals surface area contributed by atoms with Gasteiger partial charge in [-0.2, -0.15) is 0 Å². The summed E-state index contributed by atoms with van der Waals surface area (Å²) in [5, 5.41) is 7.63. The Balaban J connectivity index is 2.10. The van der Waals surface area contributed by atoms with Crippen LogP contribution in [0.4, 0.5) is 0 Å². The van der Waals surface area contributed by atoms with E-state index in [0.29, 0.717) is 0 Å². The zero-order chi connectivity index (χ0) is 16.5. The van der Waals surface area contributed by atoms with Crippen LogP contribution >= 0.6 is 0 Å². The fourth-order valence-corrected chi connectivity index (χ4v) is 24.5. The average Bonchev–Trinajstić information content (AvgIpc) is 2.91. The third-order valence-electron chi connectivity index (χ3n) is 5.33. The predicted octanol–water partition coefficient (Wildman–Crippen LogP) is 5.79. The molecule has 0 N–H and O–H groups in total. The summed E-state index contributed by atoms with van der Waals surface area (Å²) >= 11 is -0.469. The molecule has 3 aliphatic rings. The summed E-state index contributed by atoms with van der Waals surface area (Å²) in [6, 6.07) is 0. The summed E-state index contributed by atoms with van der Waals surface area (Å²) in [6.45, 7) is 20.7. The summed E-state index contributed by atoms with van der Waals surface area (Å²) in [5.41, 5.74) is 0. The molecule has 0 spiro atoms. The Kier molecular flexibility index (Phi) is 4.13. The normalized spacial score (nSPS) is 24.0. The van der Waals surface area contributed by atoms with Crippen LogP contribution in [0.2, 0.25) is 52.4 Å². The second-order valence-corrected chi connectivity index (χ2v) is 27.5. The SMILES string of the molecule is C[Si](C)(C)C1=CC[C]2=C1[Si](C)(C)C1=[C](CC=C1[Si](C)(C)C)[Zr]2. The van der Waals surface area contributed by atoms with E-state index in [1.807, 2.05) is 27.3 Å². The molecule has 0 radical (unpaired) electrons. The number of hydrogen-bond acceptors (Lipinski definition) is 0. The average molecular weight is 422 g/mol. The van der Waals surface area contributed by atoms with E-state index >= 15 is 0 Å². The predicted molar refractivity (Wildman–Crippen MR) is 104 cm³/mol. The first-order valence-corrected chi connectivity index (χ1v) is 21.1. The zero-order valence-electron chi connectivity index (χ0n) is 15.6. The van der Waals surface area contributed by atoms with Gasteiger partial charge in [0.2, 0.25) is 0 Å². The fraction of sp³-hybridized carbons (Fsp3) is 0.556. The van der Waals surface area contributed by atoms with E-state index in [4.69, 9.17) is 0 Å². The molecule has 22 heavy (non-hydrogen) atoms. The van der Waals surface area contributed by atoms with Crippen LogP contribution in [0.5, 0.6) is 0 Å². The van der Waals surface area contributed by atoms with Gasteiger partial charge in [-0.3, -0.25) is 0 Å². The molecule has 0 aromatic rings. The van der Waals surface area contributed by atoms with E-state index in [1.54, 1.807) is 0 Å². The third-order valence-corrected chi connectivity index (χ3v) is 18.6. The second-order valence-electron chi connectivity index (χ2n) is 9.60. The van der Waals surface area contributed by atoms with Crippen molar-refractivity contribution in [2.45, 2.75) is 65.2 Å². The topological polar surface area (TPSA) is 0 Å². The molecule has 1 heterocycles. The zero-order valence-corrected chi connectivity index (χ0v) is 21.0. The van der Waals surface area contributed by atoms with Gasteiger partial charge in [-0.1, -0.05) is 0 Å². The van der Waals surface area contributed by atoms with Crippen LogP contribution in [0.25, 0.3) is 0 Å². The molecule has 0 fully saturated rings. The van der Waals surface area contributed by atoms with E-state index in [0.717, 1.165) is 0 Å². The first kappa shape index (κ1) is 17.3. The summed E-state index contributed by atoms with van der Waals surface area (Å²) in [4.78, 5) is 0. The molecular weight excluding hydrogens is 392 g/mol. The van der Waals surface area contributed by atoms with Crippen LogP contribution in [0.1, 0.15) is 12.8 Å². The van der Waals surface area contributed by atoms with Crippen LogP contribution in [-0.2, 0) is 23.2 Å². The first-order valence-electron chi connectivity index (χ1n) is 8.60. The van der Waals surface area contributed by atoms with Crippen LogP contribution < -0.4 is 0 Å². The molecule has 3 rings (SSSR count). The summed E-state index contributed by atoms with van der Waals surface area (Å²) in [6.07, 6.45) is 7.98. The Morgan fingerprint density at radius 2 is 1.14 bits per heavy atom. The van der Waals surface area contributed by atoms with Gasteiger partial charge in [0.05, 0.1) is 0 Å². The molecular formula is C18H30Si3Zr. The van der Waals surface area contributed by atoms with Crippen LogP contribution in [-0.4, -0.2) is 24.2 Å². The number of allylic oxidation sites excluding steroid dienone is 8. The van der Waals surface area contributed by atoms with E-state index < -0.39 is 47.5 Å². The molecule has 0 bridgehead atoms. The van der Waals surface area contributed by atoms with Crippen molar-refractivity contribution in [3.8, 4) is 0 Å². The molecule has 0 nitrogen and oxygen atoms in total. The standard InChI is InChI=1S/C18H30Si3.Zr/c1-19(2,3)15-11-9-13-17(15)21(7,8)18-14-10-12-16(18)20(4,5)6;/h11-12H,9-10H2,1-8H3;. The third kappa shape index (κ3) is 2.62. The molecule has 0 aromatic heterocycles. The van der Waals surface area contributed by atoms with Gasteiger partial charge in [0.25, 0.3) is 0 Å². The molecule has 2 aliphatic carbocycles. The minimum absolute atomic E-state index is 0.469. The monoisotopic (exact) mass is 420 g/mol. The molecule has 0 aromatic carbocycles. The van der Waals surface area contributed by atoms with Crippen molar-refractivity contribution in [1.82, 2.24) is 0 Å². The summed E-state index contributed by atoms with van der Waals surface area (Å²) < 4.78 is 3.95. The Bertz CT molecular complexity index is 605. The van der Waals surface area contributed by atoms with E-state index in [2.05, 4.69) is 64.5 Å². The molecule has 0 amide bonds. The van der Waals surface area contributed by atoms with Gasteiger partial charge in [0, 0.05) is 0 Å². The molecule has 0 saturated heterocycles. The maximum atomic E-state index is 2.68. The Morgan fingerprint density at radius 1 is 0.773 bits per heavy atom. The van der Waals surface area contributed by atoms with Crippen molar-refractivity contribution in [3.63, 3.8) is 0 Å². The molecule has 0 unspecified atom stereocenters. The van der Waals surface area contributed by atoms with Crippen LogP contribution in [0.15, 0.2) is 39.5 Å². The molecule has 1 aliphatic heterocycles. The quantitative estimate of drug-likeness (QED) is 0.495. The van der Waals surface area contributed by atoms with Gasteiger partial charge in [-0.25, -0.2) is 0 Å². The van der Waals surface area contributed by atoms with Gasteiger partial charge in [-0.15, -0.1) is 0 Å². The molecule has 0 atom stereocenters. The second kappa shape index (κ2) is 5.24. The first-order chi connectivity index (χ1) is 9.94. The Morgan fingerprint density at radius 3 is 1.45 bits per heavy atom. The van der Waals surface area contributed by atoms with Gasteiger partial charge in [0.15, 0.2) is 0 Å². The molecule has 4 heteroatoms. The van der Waals surface area contributed by atoms with Gasteiger partial charge in [0.1, 0.15) is 0 Å². The van der Waals surface area contributed by atoms with E-state index in [9.17, 15) is 0 Å². The van der Waals surface area contributed by atoms with Gasteiger partial charge >= 0.3 is 152 Å². The minimum atomic E-state index is -1.46. The van der Waals surface area contributed by atoms with Crippen molar-refractivity contribution >= 4 is 24.2 Å². The van der Waals surface area contributed by atoms with Gasteiger partial charge < -0.3 is 0 Å². The number of hydrogen-bond donors (Lipinski definition) is 0. The van der Waals surface area contributed by atoms with E-state index in [1.165, 1.54) is 12.8 Å². The van der Waals surface area contributed by atoms with Crippen LogP contribution in [0.3, 0.4) is 0 Å². The number of rotatable bonds is 2.